The number of hydrogen-bond donors (Lipinski definition) is 1. The van der Waals surface area contributed by atoms with Crippen molar-refractivity contribution in [2.75, 3.05) is 18.6 Å². The van der Waals surface area contributed by atoms with Gasteiger partial charge >= 0.3 is 5.51 Å². The highest BCUT2D eigenvalue weighted by Crippen LogP contribution is 2.37. The number of nitrogens with zero attached hydrogens (tertiary/aromatic N) is 3. The van der Waals surface area contributed by atoms with Crippen molar-refractivity contribution in [2.45, 2.75) is 50.2 Å². The number of hydrogen-bond acceptors (Lipinski definition) is 6. The van der Waals surface area contributed by atoms with E-state index < -0.39 is 17.0 Å². The molecular formula is C22H29F3N4O2S. The van der Waals surface area contributed by atoms with Gasteiger partial charge in [-0.05, 0) is 67.6 Å². The first-order valence-corrected chi connectivity index (χ1v) is 10.8. The molecule has 32 heavy (non-hydrogen) atoms. The Bertz CT molecular complexity index is 889. The molecule has 6 nitrogen and oxygen atoms in total. The van der Waals surface area contributed by atoms with E-state index >= 15 is 0 Å². The maximum Gasteiger partial charge on any atom is 0.446 e. The minimum absolute atomic E-state index is 0.0977. The molecule has 0 aliphatic carbocycles. The number of anilines is 1. The quantitative estimate of drug-likeness (QED) is 0.325. The molecule has 176 valence electrons. The molecule has 0 saturated carbocycles. The number of thioether (sulfide) groups is 1. The molecule has 1 amide bonds. The lowest BCUT2D eigenvalue weighted by atomic mass is 10.0. The number of benzene rings is 1. The van der Waals surface area contributed by atoms with Crippen LogP contribution in [-0.2, 0) is 11.3 Å². The summed E-state index contributed by atoms with van der Waals surface area (Å²) in [6.07, 6.45) is 2.29. The second kappa shape index (κ2) is 11.9. The van der Waals surface area contributed by atoms with Gasteiger partial charge in [0, 0.05) is 30.4 Å². The molecule has 0 radical (unpaired) electrons. The minimum atomic E-state index is -4.34. The lowest BCUT2D eigenvalue weighted by Gasteiger charge is -2.38. The summed E-state index contributed by atoms with van der Waals surface area (Å²) in [7, 11) is 1.78. The maximum absolute atomic E-state index is 12.5. The van der Waals surface area contributed by atoms with Crippen molar-refractivity contribution < 1.29 is 22.8 Å². The summed E-state index contributed by atoms with van der Waals surface area (Å²) in [6, 6.07) is 9.29. The molecule has 1 aromatic heterocycles. The molecule has 0 unspecified atom stereocenters. The van der Waals surface area contributed by atoms with E-state index in [0.717, 1.165) is 11.8 Å². The monoisotopic (exact) mass is 470 g/mol. The molecule has 1 heterocycles. The van der Waals surface area contributed by atoms with Crippen molar-refractivity contribution in [1.29, 1.82) is 0 Å². The number of primary amides is 1. The Hall–Kier alpha value is -2.59. The molecule has 0 aliphatic heterocycles. The number of aromatic nitrogens is 1. The SMILES string of the molecule is CC.CN(CN(Cc1ccnc(C(N)=O)c1)C(C)(C)C=O)c1ccc(SC(F)(F)F)cc1. The van der Waals surface area contributed by atoms with Gasteiger partial charge < -0.3 is 15.4 Å². The van der Waals surface area contributed by atoms with Gasteiger partial charge in [-0.25, -0.2) is 0 Å². The van der Waals surface area contributed by atoms with Gasteiger partial charge in [-0.15, -0.1) is 0 Å². The summed E-state index contributed by atoms with van der Waals surface area (Å²) >= 11 is -0.171. The van der Waals surface area contributed by atoms with Crippen LogP contribution >= 0.6 is 11.8 Å². The molecule has 0 aliphatic rings. The zero-order chi connectivity index (χ0) is 24.5. The van der Waals surface area contributed by atoms with Gasteiger partial charge in [0.15, 0.2) is 0 Å². The zero-order valence-electron chi connectivity index (χ0n) is 18.8. The number of carbonyl (C=O) groups is 2. The Balaban J connectivity index is 0.00000249. The van der Waals surface area contributed by atoms with E-state index in [2.05, 4.69) is 4.98 Å². The number of carbonyl (C=O) groups excluding carboxylic acids is 2. The number of alkyl halides is 3. The summed E-state index contributed by atoms with van der Waals surface area (Å²) < 4.78 is 37.5. The van der Waals surface area contributed by atoms with Crippen LogP contribution in [0.4, 0.5) is 18.9 Å². The fraction of sp³-hybridized carbons (Fsp3) is 0.409. The number of halogens is 3. The summed E-state index contributed by atoms with van der Waals surface area (Å²) in [4.78, 5) is 30.8. The summed E-state index contributed by atoms with van der Waals surface area (Å²) in [5.41, 5.74) is 1.68. The van der Waals surface area contributed by atoms with Crippen LogP contribution in [0.2, 0.25) is 0 Å². The van der Waals surface area contributed by atoms with Gasteiger partial charge in [-0.1, -0.05) is 13.8 Å². The molecule has 0 spiro atoms. The largest absolute Gasteiger partial charge is 0.446 e. The third-order valence-corrected chi connectivity index (χ3v) is 5.19. The van der Waals surface area contributed by atoms with Crippen LogP contribution in [0.25, 0.3) is 0 Å². The standard InChI is InChI=1S/C20H23F3N4O2S.C2H6/c1-19(2,12-28)27(11-14-8-9-25-17(10-14)18(24)29)13-26(3)15-4-6-16(7-5-15)30-20(21,22)23;1-2/h4-10,12H,11,13H2,1-3H3,(H2,24,29);1-2H3. The predicted octanol–water partition coefficient (Wildman–Crippen LogP) is 4.69. The molecule has 2 N–H and O–H groups in total. The second-order valence-corrected chi connectivity index (χ2v) is 8.40. The zero-order valence-corrected chi connectivity index (χ0v) is 19.6. The Morgan fingerprint density at radius 1 is 1.16 bits per heavy atom. The van der Waals surface area contributed by atoms with E-state index in [-0.39, 0.29) is 22.4 Å². The molecule has 10 heteroatoms. The van der Waals surface area contributed by atoms with E-state index in [1.807, 2.05) is 23.6 Å². The van der Waals surface area contributed by atoms with Crippen molar-refractivity contribution in [2.24, 2.45) is 5.73 Å². The van der Waals surface area contributed by atoms with Crippen LogP contribution in [0.1, 0.15) is 43.7 Å². The first kappa shape index (κ1) is 27.4. The first-order valence-electron chi connectivity index (χ1n) is 9.94. The number of pyridine rings is 1. The average molecular weight is 471 g/mol. The van der Waals surface area contributed by atoms with Crippen LogP contribution < -0.4 is 10.6 Å². The Morgan fingerprint density at radius 3 is 2.25 bits per heavy atom. The minimum Gasteiger partial charge on any atom is -0.364 e. The van der Waals surface area contributed by atoms with Crippen molar-refractivity contribution in [3.63, 3.8) is 0 Å². The summed E-state index contributed by atoms with van der Waals surface area (Å²) in [5.74, 6) is -0.646. The predicted molar refractivity (Wildman–Crippen MR) is 121 cm³/mol. The van der Waals surface area contributed by atoms with Crippen LogP contribution in [-0.4, -0.2) is 46.8 Å². The first-order chi connectivity index (χ1) is 14.9. The molecule has 0 atom stereocenters. The van der Waals surface area contributed by atoms with E-state index in [1.54, 1.807) is 45.2 Å². The Kier molecular flexibility index (Phi) is 10.2. The van der Waals surface area contributed by atoms with Crippen LogP contribution in [0.15, 0.2) is 47.5 Å². The molecule has 0 saturated heterocycles. The number of nitrogens with two attached hydrogens (primary N) is 1. The highest BCUT2D eigenvalue weighted by molar-refractivity contribution is 8.00. The van der Waals surface area contributed by atoms with Gasteiger partial charge in [0.05, 0.1) is 12.2 Å². The smallest absolute Gasteiger partial charge is 0.364 e. The number of rotatable bonds is 9. The van der Waals surface area contributed by atoms with Gasteiger partial charge in [-0.3, -0.25) is 14.7 Å². The molecule has 2 aromatic rings. The highest BCUT2D eigenvalue weighted by Gasteiger charge is 2.30. The summed E-state index contributed by atoms with van der Waals surface area (Å²) in [6.45, 7) is 8.16. The fourth-order valence-electron chi connectivity index (χ4n) is 2.68. The molecule has 1 aromatic carbocycles. The topological polar surface area (TPSA) is 79.5 Å². The van der Waals surface area contributed by atoms with E-state index in [0.29, 0.717) is 18.9 Å². The van der Waals surface area contributed by atoms with Gasteiger partial charge in [0.25, 0.3) is 5.91 Å². The summed E-state index contributed by atoms with van der Waals surface area (Å²) in [5, 5.41) is 0. The maximum atomic E-state index is 12.5. The van der Waals surface area contributed by atoms with Gasteiger partial charge in [-0.2, -0.15) is 13.2 Å². The van der Waals surface area contributed by atoms with E-state index in [4.69, 9.17) is 5.73 Å². The van der Waals surface area contributed by atoms with Crippen molar-refractivity contribution in [3.8, 4) is 0 Å². The van der Waals surface area contributed by atoms with Gasteiger partial charge in [0.2, 0.25) is 0 Å². The van der Waals surface area contributed by atoms with Crippen molar-refractivity contribution >= 4 is 29.6 Å². The second-order valence-electron chi connectivity index (χ2n) is 7.26. The third kappa shape index (κ3) is 8.51. The number of amides is 1. The van der Waals surface area contributed by atoms with E-state index in [9.17, 15) is 22.8 Å². The Labute approximate surface area is 191 Å². The van der Waals surface area contributed by atoms with Crippen LogP contribution in [0.3, 0.4) is 0 Å². The van der Waals surface area contributed by atoms with E-state index in [1.165, 1.54) is 18.3 Å². The van der Waals surface area contributed by atoms with Crippen molar-refractivity contribution in [1.82, 2.24) is 9.88 Å². The van der Waals surface area contributed by atoms with Crippen LogP contribution in [0.5, 0.6) is 0 Å². The highest BCUT2D eigenvalue weighted by atomic mass is 32.2. The van der Waals surface area contributed by atoms with Crippen LogP contribution in [0, 0.1) is 0 Å². The lowest BCUT2D eigenvalue weighted by Crippen LogP contribution is -2.49. The molecule has 0 bridgehead atoms. The van der Waals surface area contributed by atoms with Gasteiger partial charge in [0.1, 0.15) is 12.0 Å². The number of aldehydes is 1. The molecule has 0 fully saturated rings. The third-order valence-electron chi connectivity index (χ3n) is 4.45. The lowest BCUT2D eigenvalue weighted by molar-refractivity contribution is -0.117. The average Bonchev–Trinajstić information content (AvgIpc) is 2.74. The molecular weight excluding hydrogens is 441 g/mol. The normalized spacial score (nSPS) is 11.5. The molecule has 2 rings (SSSR count). The fourth-order valence-corrected chi connectivity index (χ4v) is 3.22. The Morgan fingerprint density at radius 2 is 1.75 bits per heavy atom. The van der Waals surface area contributed by atoms with Crippen molar-refractivity contribution in [3.05, 3.63) is 53.9 Å².